The molecule has 2 aromatic heterocycles. The third-order valence-corrected chi connectivity index (χ3v) is 8.18. The zero-order valence-electron chi connectivity index (χ0n) is 22.4. The van der Waals surface area contributed by atoms with Gasteiger partial charge in [0.1, 0.15) is 0 Å². The van der Waals surface area contributed by atoms with Gasteiger partial charge in [-0.05, 0) is 79.3 Å². The molecule has 1 amide bonds. The Hall–Kier alpha value is -2.47. The number of rotatable bonds is 6. The topological polar surface area (TPSA) is 73.9 Å². The van der Waals surface area contributed by atoms with E-state index in [0.29, 0.717) is 11.1 Å². The molecule has 36 heavy (non-hydrogen) atoms. The minimum Gasteiger partial charge on any atom is -0.348 e. The number of likely N-dealkylation sites (tertiary alicyclic amines) is 1. The van der Waals surface area contributed by atoms with Gasteiger partial charge in [-0.15, -0.1) is 0 Å². The number of fused-ring (bicyclic) bond motifs is 1. The second kappa shape index (κ2) is 10.9. The molecule has 3 aliphatic rings. The minimum absolute atomic E-state index is 0.0173. The number of nitrogens with zero attached hydrogens (tertiary/aromatic N) is 3. The number of hydrogen-bond donors (Lipinski definition) is 2. The summed E-state index contributed by atoms with van der Waals surface area (Å²) < 4.78 is 0. The number of carbonyl (C=O) groups is 1. The van der Waals surface area contributed by atoms with Crippen LogP contribution >= 0.6 is 0 Å². The van der Waals surface area contributed by atoms with Gasteiger partial charge >= 0.3 is 0 Å². The molecule has 1 aliphatic heterocycles. The number of aromatic nitrogens is 3. The van der Waals surface area contributed by atoms with Crippen molar-refractivity contribution in [1.82, 2.24) is 25.4 Å². The van der Waals surface area contributed by atoms with Gasteiger partial charge in [-0.1, -0.05) is 46.1 Å². The summed E-state index contributed by atoms with van der Waals surface area (Å²) in [5.74, 6) is 0.748. The van der Waals surface area contributed by atoms with Gasteiger partial charge in [-0.3, -0.25) is 19.8 Å². The van der Waals surface area contributed by atoms with Crippen molar-refractivity contribution < 1.29 is 4.79 Å². The number of allylic oxidation sites excluding steroid dienone is 2. The van der Waals surface area contributed by atoms with Gasteiger partial charge < -0.3 is 5.32 Å². The maximum absolute atomic E-state index is 13.4. The Morgan fingerprint density at radius 3 is 2.72 bits per heavy atom. The highest BCUT2D eigenvalue weighted by molar-refractivity contribution is 5.95. The number of pyridine rings is 1. The van der Waals surface area contributed by atoms with Crippen LogP contribution < -0.4 is 5.32 Å². The first-order valence-electron chi connectivity index (χ1n) is 14.1. The molecule has 0 bridgehead atoms. The molecule has 2 fully saturated rings. The second-order valence-electron chi connectivity index (χ2n) is 12.5. The van der Waals surface area contributed by atoms with Crippen LogP contribution in [0.25, 0.3) is 5.57 Å². The Kier molecular flexibility index (Phi) is 7.61. The van der Waals surface area contributed by atoms with Gasteiger partial charge in [0.05, 0.1) is 0 Å². The van der Waals surface area contributed by atoms with E-state index in [1.54, 1.807) is 0 Å². The summed E-state index contributed by atoms with van der Waals surface area (Å²) in [5, 5.41) is 11.0. The smallest absolute Gasteiger partial charge is 0.272 e. The highest BCUT2D eigenvalue weighted by atomic mass is 16.2. The predicted octanol–water partition coefficient (Wildman–Crippen LogP) is 5.70. The quantitative estimate of drug-likeness (QED) is 0.546. The Morgan fingerprint density at radius 2 is 1.94 bits per heavy atom. The summed E-state index contributed by atoms with van der Waals surface area (Å²) >= 11 is 0. The van der Waals surface area contributed by atoms with Crippen molar-refractivity contribution in [2.45, 2.75) is 97.6 Å². The molecular weight excluding hydrogens is 446 g/mol. The lowest BCUT2D eigenvalue weighted by molar-refractivity contribution is 0.0920. The first kappa shape index (κ1) is 25.2. The van der Waals surface area contributed by atoms with E-state index in [4.69, 9.17) is 0 Å². The molecule has 6 nitrogen and oxygen atoms in total. The number of amides is 1. The molecule has 3 heterocycles. The molecule has 2 aliphatic carbocycles. The largest absolute Gasteiger partial charge is 0.348 e. The molecule has 6 heteroatoms. The average molecular weight is 490 g/mol. The van der Waals surface area contributed by atoms with E-state index < -0.39 is 0 Å². The lowest BCUT2D eigenvalue weighted by Gasteiger charge is -2.30. The Morgan fingerprint density at radius 1 is 1.11 bits per heavy atom. The second-order valence-corrected chi connectivity index (χ2v) is 12.5. The molecule has 0 spiro atoms. The van der Waals surface area contributed by atoms with Crippen LogP contribution in [0.4, 0.5) is 0 Å². The van der Waals surface area contributed by atoms with E-state index >= 15 is 0 Å². The summed E-state index contributed by atoms with van der Waals surface area (Å²) in [6.45, 7) is 10.4. The van der Waals surface area contributed by atoms with Crippen LogP contribution in [0.5, 0.6) is 0 Å². The van der Waals surface area contributed by atoms with Crippen molar-refractivity contribution in [1.29, 1.82) is 0 Å². The first-order chi connectivity index (χ1) is 17.3. The van der Waals surface area contributed by atoms with E-state index in [1.165, 1.54) is 62.8 Å². The van der Waals surface area contributed by atoms with Crippen LogP contribution in [-0.2, 0) is 19.4 Å². The standard InChI is InChI=1S/C30H43N5O/c1-30(2,3)17-21-7-4-5-8-25(11-9-21)32-29(36)28-26-16-23(10-12-27(26)33-34-28)24-15-22(18-31-19-24)20-35-13-6-14-35/h10,15,18-19,21,25H,4-9,11-14,16-17,20H2,1-3H3,(H,32,36)(H,33,34). The van der Waals surface area contributed by atoms with Crippen LogP contribution in [0.2, 0.25) is 0 Å². The zero-order chi connectivity index (χ0) is 25.1. The Bertz CT molecular complexity index is 1090. The normalized spacial score (nSPS) is 23.1. The summed E-state index contributed by atoms with van der Waals surface area (Å²) in [4.78, 5) is 20.4. The van der Waals surface area contributed by atoms with Crippen molar-refractivity contribution in [3.8, 4) is 0 Å². The molecule has 0 radical (unpaired) electrons. The van der Waals surface area contributed by atoms with Gasteiger partial charge in [0.15, 0.2) is 5.69 Å². The van der Waals surface area contributed by atoms with Crippen molar-refractivity contribution in [3.05, 3.63) is 52.6 Å². The third-order valence-electron chi connectivity index (χ3n) is 8.18. The van der Waals surface area contributed by atoms with Crippen molar-refractivity contribution in [2.24, 2.45) is 11.3 Å². The van der Waals surface area contributed by atoms with E-state index in [2.05, 4.69) is 58.3 Å². The minimum atomic E-state index is -0.0173. The van der Waals surface area contributed by atoms with Crippen LogP contribution in [0.1, 0.15) is 105 Å². The van der Waals surface area contributed by atoms with E-state index in [-0.39, 0.29) is 11.9 Å². The highest BCUT2D eigenvalue weighted by Crippen LogP contribution is 2.33. The molecule has 2 atom stereocenters. The fourth-order valence-electron chi connectivity index (χ4n) is 6.22. The Labute approximate surface area is 216 Å². The van der Waals surface area contributed by atoms with Crippen LogP contribution in [0.15, 0.2) is 24.5 Å². The predicted molar refractivity (Wildman–Crippen MR) is 145 cm³/mol. The highest BCUT2D eigenvalue weighted by Gasteiger charge is 2.27. The number of H-pyrrole nitrogens is 1. The zero-order valence-corrected chi connectivity index (χ0v) is 22.4. The number of aromatic amines is 1. The van der Waals surface area contributed by atoms with E-state index in [9.17, 15) is 4.79 Å². The van der Waals surface area contributed by atoms with Crippen molar-refractivity contribution >= 4 is 11.5 Å². The molecule has 2 aromatic rings. The average Bonchev–Trinajstić information content (AvgIpc) is 3.23. The lowest BCUT2D eigenvalue weighted by atomic mass is 9.78. The van der Waals surface area contributed by atoms with Crippen LogP contribution in [0.3, 0.4) is 0 Å². The van der Waals surface area contributed by atoms with Crippen molar-refractivity contribution in [3.63, 3.8) is 0 Å². The first-order valence-corrected chi connectivity index (χ1v) is 14.1. The van der Waals surface area contributed by atoms with Crippen LogP contribution in [-0.4, -0.2) is 45.1 Å². The lowest BCUT2D eigenvalue weighted by Crippen LogP contribution is -2.36. The maximum atomic E-state index is 13.4. The summed E-state index contributed by atoms with van der Waals surface area (Å²) in [5.41, 5.74) is 6.73. The molecule has 5 rings (SSSR count). The number of nitrogens with one attached hydrogen (secondary N) is 2. The molecule has 0 aromatic carbocycles. The molecule has 2 N–H and O–H groups in total. The molecule has 1 saturated carbocycles. The van der Waals surface area contributed by atoms with Gasteiger partial charge in [0, 0.05) is 49.1 Å². The van der Waals surface area contributed by atoms with Gasteiger partial charge in [-0.25, -0.2) is 0 Å². The monoisotopic (exact) mass is 489 g/mol. The maximum Gasteiger partial charge on any atom is 0.272 e. The molecule has 2 unspecified atom stereocenters. The molecule has 1 saturated heterocycles. The summed E-state index contributed by atoms with van der Waals surface area (Å²) in [6.07, 6.45) is 17.4. The van der Waals surface area contributed by atoms with Gasteiger partial charge in [0.2, 0.25) is 0 Å². The molecular formula is C30H43N5O. The third kappa shape index (κ3) is 6.26. The fraction of sp³-hybridized carbons (Fsp3) is 0.633. The Balaban J connectivity index is 1.23. The van der Waals surface area contributed by atoms with E-state index in [0.717, 1.165) is 55.0 Å². The fourth-order valence-corrected chi connectivity index (χ4v) is 6.22. The summed E-state index contributed by atoms with van der Waals surface area (Å²) in [6, 6.07) is 2.51. The molecule has 194 valence electrons. The van der Waals surface area contributed by atoms with Crippen molar-refractivity contribution in [2.75, 3.05) is 13.1 Å². The number of carbonyl (C=O) groups excluding carboxylic acids is 1. The van der Waals surface area contributed by atoms with Crippen LogP contribution in [0, 0.1) is 11.3 Å². The van der Waals surface area contributed by atoms with E-state index in [1.807, 2.05) is 12.4 Å². The summed E-state index contributed by atoms with van der Waals surface area (Å²) in [7, 11) is 0. The van der Waals surface area contributed by atoms with Gasteiger partial charge in [0.25, 0.3) is 5.91 Å². The SMILES string of the molecule is CC(C)(C)CC1CCCCC(NC(=O)c2n[nH]c3c2CC(c2cncc(CN4CCC4)c2)=CC3)CC1. The number of hydrogen-bond acceptors (Lipinski definition) is 4. The van der Waals surface area contributed by atoms with Gasteiger partial charge in [-0.2, -0.15) is 5.10 Å².